The quantitative estimate of drug-likeness (QED) is 0.340. The normalized spacial score (nSPS) is 28.3. The number of hydrogen-bond donors (Lipinski definition) is 5. The summed E-state index contributed by atoms with van der Waals surface area (Å²) in [4.78, 5) is 48.1. The molecule has 1 heterocycles. The first-order chi connectivity index (χ1) is 11.6. The van der Waals surface area contributed by atoms with Gasteiger partial charge in [-0.05, 0) is 6.42 Å². The molecule has 0 spiro atoms. The van der Waals surface area contributed by atoms with Crippen LogP contribution >= 0.6 is 0 Å². The number of aliphatic hydroxyl groups is 3. The van der Waals surface area contributed by atoms with Crippen LogP contribution in [-0.2, 0) is 20.9 Å². The average molecular weight is 358 g/mol. The zero-order chi connectivity index (χ0) is 18.9. The third-order valence-electron chi connectivity index (χ3n) is 4.46. The van der Waals surface area contributed by atoms with Crippen molar-refractivity contribution >= 4 is 11.9 Å². The van der Waals surface area contributed by atoms with Crippen LogP contribution in [-0.4, -0.2) is 66.8 Å². The van der Waals surface area contributed by atoms with E-state index in [1.165, 1.54) is 0 Å². The minimum atomic E-state index is -2.50. The molecular formula is C14H18N2O9. The number of rotatable bonds is 5. The lowest BCUT2D eigenvalue weighted by Gasteiger charge is -2.33. The minimum Gasteiger partial charge on any atom is -0.481 e. The molecule has 1 aliphatic rings. The summed E-state index contributed by atoms with van der Waals surface area (Å²) in [5.41, 5.74) is -4.11. The second-order valence-electron chi connectivity index (χ2n) is 5.92. The fourth-order valence-corrected chi connectivity index (χ4v) is 3.09. The molecule has 1 fully saturated rings. The van der Waals surface area contributed by atoms with Gasteiger partial charge in [0.05, 0.1) is 31.8 Å². The molecule has 2 rings (SSSR count). The molecule has 1 saturated carbocycles. The van der Waals surface area contributed by atoms with Gasteiger partial charge in [-0.2, -0.15) is 0 Å². The van der Waals surface area contributed by atoms with Gasteiger partial charge in [0, 0.05) is 18.2 Å². The molecule has 138 valence electrons. The highest BCUT2D eigenvalue weighted by molar-refractivity contribution is 5.80. The van der Waals surface area contributed by atoms with Crippen molar-refractivity contribution in [3.8, 4) is 0 Å². The number of aromatic amines is 1. The number of hydrogen-bond acceptors (Lipinski definition) is 8. The van der Waals surface area contributed by atoms with Crippen molar-refractivity contribution in [3.05, 3.63) is 33.1 Å². The van der Waals surface area contributed by atoms with Crippen LogP contribution in [0.1, 0.15) is 6.42 Å². The van der Waals surface area contributed by atoms with Crippen LogP contribution < -0.4 is 11.2 Å². The Labute approximate surface area is 140 Å². The number of aromatic nitrogens is 2. The maximum absolute atomic E-state index is 12.1. The zero-order valence-corrected chi connectivity index (χ0v) is 13.2. The first-order valence-electron chi connectivity index (χ1n) is 7.31. The molecular weight excluding hydrogens is 340 g/mol. The van der Waals surface area contributed by atoms with Gasteiger partial charge in [-0.25, -0.2) is 9.59 Å². The number of H-pyrrole nitrogens is 1. The van der Waals surface area contributed by atoms with Crippen LogP contribution in [0.4, 0.5) is 0 Å². The van der Waals surface area contributed by atoms with Gasteiger partial charge in [0.1, 0.15) is 0 Å². The van der Waals surface area contributed by atoms with Gasteiger partial charge >= 0.3 is 17.6 Å². The Bertz CT molecular complexity index is 785. The van der Waals surface area contributed by atoms with E-state index in [-0.39, 0.29) is 0 Å². The van der Waals surface area contributed by atoms with E-state index in [2.05, 4.69) is 4.74 Å². The van der Waals surface area contributed by atoms with Gasteiger partial charge < -0.3 is 25.2 Å². The molecule has 0 amide bonds. The van der Waals surface area contributed by atoms with Gasteiger partial charge in [0.25, 0.3) is 5.56 Å². The molecule has 11 heteroatoms. The van der Waals surface area contributed by atoms with Crippen molar-refractivity contribution in [1.29, 1.82) is 0 Å². The van der Waals surface area contributed by atoms with Crippen LogP contribution in [0.5, 0.6) is 0 Å². The van der Waals surface area contributed by atoms with Crippen molar-refractivity contribution in [2.75, 3.05) is 7.11 Å². The lowest BCUT2D eigenvalue weighted by Crippen LogP contribution is -2.55. The van der Waals surface area contributed by atoms with Gasteiger partial charge in [0.2, 0.25) is 0 Å². The third-order valence-corrected chi connectivity index (χ3v) is 4.46. The van der Waals surface area contributed by atoms with Crippen molar-refractivity contribution in [3.63, 3.8) is 0 Å². The number of carbonyl (C=O) groups excluding carboxylic acids is 1. The Balaban J connectivity index is 2.44. The zero-order valence-electron chi connectivity index (χ0n) is 13.2. The summed E-state index contributed by atoms with van der Waals surface area (Å²) in [7, 11) is 0.968. The second kappa shape index (κ2) is 6.78. The van der Waals surface area contributed by atoms with E-state index in [4.69, 9.17) is 5.11 Å². The maximum Gasteiger partial charge on any atom is 0.340 e. The number of methoxy groups -OCH3 is 1. The fraction of sp³-hybridized carbons (Fsp3) is 0.571. The predicted octanol–water partition coefficient (Wildman–Crippen LogP) is -3.12. The van der Waals surface area contributed by atoms with Crippen LogP contribution in [0.15, 0.2) is 21.9 Å². The molecule has 0 unspecified atom stereocenters. The Morgan fingerprint density at radius 1 is 1.36 bits per heavy atom. The van der Waals surface area contributed by atoms with Gasteiger partial charge in [-0.3, -0.25) is 19.1 Å². The second-order valence-corrected chi connectivity index (χ2v) is 5.92. The third kappa shape index (κ3) is 3.34. The molecule has 0 saturated heterocycles. The summed E-state index contributed by atoms with van der Waals surface area (Å²) in [5, 5.41) is 39.9. The van der Waals surface area contributed by atoms with E-state index in [0.29, 0.717) is 0 Å². The lowest BCUT2D eigenvalue weighted by atomic mass is 9.83. The Kier molecular flexibility index (Phi) is 5.11. The minimum absolute atomic E-state index is 0.415. The van der Waals surface area contributed by atoms with Crippen molar-refractivity contribution in [1.82, 2.24) is 9.55 Å². The number of nitrogens with zero attached hydrogens (tertiary/aromatic N) is 1. The van der Waals surface area contributed by atoms with Crippen LogP contribution in [0.2, 0.25) is 0 Å². The summed E-state index contributed by atoms with van der Waals surface area (Å²) < 4.78 is 5.34. The summed E-state index contributed by atoms with van der Waals surface area (Å²) >= 11 is 0. The highest BCUT2D eigenvalue weighted by Gasteiger charge is 2.57. The largest absolute Gasteiger partial charge is 0.481 e. The van der Waals surface area contributed by atoms with Gasteiger partial charge in [0.15, 0.2) is 5.60 Å². The first kappa shape index (κ1) is 18.8. The summed E-state index contributed by atoms with van der Waals surface area (Å²) in [6.45, 7) is -0.712. The molecule has 25 heavy (non-hydrogen) atoms. The maximum atomic E-state index is 12.1. The summed E-state index contributed by atoms with van der Waals surface area (Å²) in [6, 6.07) is 0.985. The molecule has 11 nitrogen and oxygen atoms in total. The molecule has 5 N–H and O–H groups in total. The standard InChI is InChI=1S/C14H18N2O9/c1-25-12(22)14(24,5-16-3-2-8(17)15-13(16)23)7-4-6(11(20)21)9(18)10(7)19/h2-3,6-7,9-10,18-19,24H,4-5H2,1H3,(H,20,21)(H,15,17,23)/t6-,7+,9+,10-,14-/m1/s1. The smallest absolute Gasteiger partial charge is 0.340 e. The summed E-state index contributed by atoms with van der Waals surface area (Å²) in [6.07, 6.45) is -2.82. The van der Waals surface area contributed by atoms with Crippen molar-refractivity contribution in [2.45, 2.75) is 30.8 Å². The fourth-order valence-electron chi connectivity index (χ4n) is 3.09. The molecule has 1 aromatic heterocycles. The Hall–Kier alpha value is -2.50. The molecule has 0 aliphatic heterocycles. The number of ether oxygens (including phenoxy) is 1. The predicted molar refractivity (Wildman–Crippen MR) is 79.5 cm³/mol. The van der Waals surface area contributed by atoms with Crippen LogP contribution in [0, 0.1) is 11.8 Å². The number of nitrogens with one attached hydrogen (secondary N) is 1. The van der Waals surface area contributed by atoms with E-state index in [9.17, 15) is 34.5 Å². The number of carbonyl (C=O) groups is 2. The lowest BCUT2D eigenvalue weighted by molar-refractivity contribution is -0.177. The SMILES string of the molecule is COC(=O)[C@@](O)(Cn1ccc(=O)[nH]c1=O)[C@H]1C[C@@H](C(=O)O)[C@H](O)[C@@H]1O. The Morgan fingerprint density at radius 3 is 2.48 bits per heavy atom. The first-order valence-corrected chi connectivity index (χ1v) is 7.31. The van der Waals surface area contributed by atoms with Gasteiger partial charge in [-0.15, -0.1) is 0 Å². The van der Waals surface area contributed by atoms with E-state index >= 15 is 0 Å². The number of aliphatic hydroxyl groups excluding tert-OH is 2. The highest BCUT2D eigenvalue weighted by Crippen LogP contribution is 2.40. The van der Waals surface area contributed by atoms with E-state index in [1.54, 1.807) is 0 Å². The van der Waals surface area contributed by atoms with Crippen molar-refractivity contribution in [2.24, 2.45) is 11.8 Å². The molecule has 0 aromatic carbocycles. The molecule has 0 radical (unpaired) electrons. The number of aliphatic carboxylic acids is 1. The van der Waals surface area contributed by atoms with E-state index in [1.807, 2.05) is 4.98 Å². The Morgan fingerprint density at radius 2 is 2.00 bits per heavy atom. The van der Waals surface area contributed by atoms with Crippen LogP contribution in [0.25, 0.3) is 0 Å². The molecule has 5 atom stereocenters. The van der Waals surface area contributed by atoms with Crippen LogP contribution in [0.3, 0.4) is 0 Å². The molecule has 1 aliphatic carbocycles. The summed E-state index contributed by atoms with van der Waals surface area (Å²) in [5.74, 6) is -5.42. The highest BCUT2D eigenvalue weighted by atomic mass is 16.5. The van der Waals surface area contributed by atoms with Crippen molar-refractivity contribution < 1.29 is 34.8 Å². The number of esters is 1. The number of carboxylic acid groups (broad SMARTS) is 1. The van der Waals surface area contributed by atoms with E-state index < -0.39 is 65.8 Å². The monoisotopic (exact) mass is 358 g/mol. The number of carboxylic acids is 1. The average Bonchev–Trinajstić information content (AvgIpc) is 2.85. The molecule has 0 bridgehead atoms. The topological polar surface area (TPSA) is 179 Å². The van der Waals surface area contributed by atoms with Gasteiger partial charge in [-0.1, -0.05) is 0 Å². The van der Waals surface area contributed by atoms with E-state index in [0.717, 1.165) is 23.9 Å². The molecule has 1 aromatic rings.